The van der Waals surface area contributed by atoms with E-state index in [4.69, 9.17) is 28.6 Å². The van der Waals surface area contributed by atoms with Gasteiger partial charge in [0.15, 0.2) is 0 Å². The summed E-state index contributed by atoms with van der Waals surface area (Å²) in [4.78, 5) is 14.9. The van der Waals surface area contributed by atoms with Gasteiger partial charge < -0.3 is 38.9 Å². The minimum Gasteiger partial charge on any atom is -0.457 e. The second-order valence-corrected chi connectivity index (χ2v) is 11.0. The smallest absolute Gasteiger partial charge is 0.457 e. The second-order valence-electron chi connectivity index (χ2n) is 8.28. The first-order valence-electron chi connectivity index (χ1n) is 11.8. The molecule has 33 heavy (non-hydrogen) atoms. The van der Waals surface area contributed by atoms with E-state index in [1.165, 1.54) is 12.1 Å². The SMILES string of the molecule is CC(=O)CC(C)C.CCO[Si](CCCN=C(C)CCC(C)C)(OCC)OCC.OC(O)O.[OH3+]. The Hall–Kier alpha value is -0.723. The van der Waals surface area contributed by atoms with Gasteiger partial charge in [0.1, 0.15) is 5.78 Å². The molecular weight excluding hydrogens is 446 g/mol. The summed E-state index contributed by atoms with van der Waals surface area (Å²) < 4.78 is 17.5. The van der Waals surface area contributed by atoms with Gasteiger partial charge in [-0.3, -0.25) is 4.99 Å². The molecule has 0 aromatic rings. The first-order chi connectivity index (χ1) is 14.9. The molecule has 9 nitrogen and oxygen atoms in total. The standard InChI is InChI=1S/C16H35NO3Si.C6H12O.CH4O3.H2O/c1-7-18-21(19-8-2,20-9-3)14-10-13-17-16(6)12-11-15(4)5;1-5(2)4-6(3)7;2-1(3)4;/h15H,7-14H2,1-6H3;5H,4H2,1-3H3;1-4H;1H2/p+1. The third-order valence-corrected chi connectivity index (χ3v) is 7.05. The van der Waals surface area contributed by atoms with Gasteiger partial charge in [-0.25, -0.2) is 0 Å². The predicted octanol–water partition coefficient (Wildman–Crippen LogP) is 3.27. The van der Waals surface area contributed by atoms with Crippen molar-refractivity contribution >= 4 is 20.3 Å². The maximum atomic E-state index is 10.3. The van der Waals surface area contributed by atoms with E-state index in [-0.39, 0.29) is 11.3 Å². The topological polar surface area (TPSA) is 151 Å². The van der Waals surface area contributed by atoms with Crippen molar-refractivity contribution in [2.75, 3.05) is 26.4 Å². The highest BCUT2D eigenvalue weighted by molar-refractivity contribution is 6.60. The molecule has 0 saturated heterocycles. The van der Waals surface area contributed by atoms with Gasteiger partial charge in [0.2, 0.25) is 0 Å². The van der Waals surface area contributed by atoms with Crippen LogP contribution in [0.5, 0.6) is 0 Å². The molecule has 0 atom stereocenters. The van der Waals surface area contributed by atoms with Crippen LogP contribution in [-0.4, -0.2) is 68.5 Å². The Balaban J connectivity index is -0.000000290. The summed E-state index contributed by atoms with van der Waals surface area (Å²) in [6.45, 7) is 18.9. The van der Waals surface area contributed by atoms with E-state index in [1.54, 1.807) is 6.92 Å². The zero-order valence-corrected chi connectivity index (χ0v) is 23.6. The molecule has 0 saturated carbocycles. The van der Waals surface area contributed by atoms with E-state index in [1.807, 2.05) is 34.6 Å². The van der Waals surface area contributed by atoms with Gasteiger partial charge in [-0.1, -0.05) is 27.7 Å². The van der Waals surface area contributed by atoms with Crippen LogP contribution in [0.15, 0.2) is 4.99 Å². The monoisotopic (exact) mass is 500 g/mol. The molecule has 0 aliphatic heterocycles. The summed E-state index contributed by atoms with van der Waals surface area (Å²) in [6.07, 6.45) is 4.00. The van der Waals surface area contributed by atoms with Crippen LogP contribution in [0.1, 0.15) is 88.0 Å². The maximum Gasteiger partial charge on any atom is 0.500 e. The number of rotatable bonds is 15. The minimum atomic E-state index is -2.47. The van der Waals surface area contributed by atoms with Crippen LogP contribution >= 0.6 is 0 Å². The van der Waals surface area contributed by atoms with Gasteiger partial charge in [0.25, 0.3) is 6.48 Å². The van der Waals surface area contributed by atoms with Crippen molar-refractivity contribution in [1.29, 1.82) is 0 Å². The predicted molar refractivity (Wildman–Crippen MR) is 138 cm³/mol. The van der Waals surface area contributed by atoms with Crippen molar-refractivity contribution in [3.63, 3.8) is 0 Å². The molecule has 0 rings (SSSR count). The average Bonchev–Trinajstić information content (AvgIpc) is 2.63. The Labute approximate surface area is 203 Å². The fourth-order valence-electron chi connectivity index (χ4n) is 2.72. The van der Waals surface area contributed by atoms with Crippen molar-refractivity contribution in [2.45, 2.75) is 101 Å². The third-order valence-electron chi connectivity index (χ3n) is 3.89. The summed E-state index contributed by atoms with van der Waals surface area (Å²) in [7, 11) is -2.47. The molecule has 0 fully saturated rings. The number of hydrogen-bond acceptors (Lipinski definition) is 8. The van der Waals surface area contributed by atoms with Crippen LogP contribution in [0.2, 0.25) is 6.04 Å². The Morgan fingerprint density at radius 2 is 1.30 bits per heavy atom. The zero-order valence-electron chi connectivity index (χ0n) is 22.6. The molecule has 0 bridgehead atoms. The molecule has 0 aromatic carbocycles. The molecular formula is C23H54NO8Si+. The minimum absolute atomic E-state index is 0. The Morgan fingerprint density at radius 3 is 1.58 bits per heavy atom. The van der Waals surface area contributed by atoms with Gasteiger partial charge in [-0.15, -0.1) is 0 Å². The van der Waals surface area contributed by atoms with E-state index in [9.17, 15) is 4.79 Å². The zero-order chi connectivity index (χ0) is 25.6. The molecule has 0 aliphatic rings. The van der Waals surface area contributed by atoms with E-state index in [2.05, 4.69) is 25.8 Å². The number of carbonyl (C=O) groups is 1. The number of Topliss-reactive ketones (excluding diaryl/α,β-unsaturated/α-hetero) is 1. The lowest BCUT2D eigenvalue weighted by Crippen LogP contribution is -2.46. The maximum absolute atomic E-state index is 10.3. The summed E-state index contributed by atoms with van der Waals surface area (Å²) in [5.41, 5.74) is 1.25. The number of aliphatic imine (C=N–C) groups is 1. The highest BCUT2D eigenvalue weighted by Gasteiger charge is 2.39. The molecule has 6 N–H and O–H groups in total. The van der Waals surface area contributed by atoms with Gasteiger partial charge in [-0.05, 0) is 65.7 Å². The van der Waals surface area contributed by atoms with Crippen LogP contribution in [0.25, 0.3) is 0 Å². The van der Waals surface area contributed by atoms with Gasteiger partial charge >= 0.3 is 8.80 Å². The lowest BCUT2D eigenvalue weighted by Gasteiger charge is -2.28. The number of aliphatic hydroxyl groups excluding tert-OH is 1. The number of carbonyl (C=O) groups excluding carboxylic acids is 1. The molecule has 0 unspecified atom stereocenters. The summed E-state index contributed by atoms with van der Waals surface area (Å²) >= 11 is 0. The van der Waals surface area contributed by atoms with Crippen molar-refractivity contribution < 1.29 is 38.9 Å². The van der Waals surface area contributed by atoms with Crippen LogP contribution in [0.3, 0.4) is 0 Å². The van der Waals surface area contributed by atoms with E-state index in [0.29, 0.717) is 25.7 Å². The third kappa shape index (κ3) is 33.5. The fourth-order valence-corrected chi connectivity index (χ4v) is 5.31. The molecule has 0 aromatic heterocycles. The van der Waals surface area contributed by atoms with Crippen molar-refractivity contribution in [3.05, 3.63) is 0 Å². The number of nitrogens with zero attached hydrogens (tertiary/aromatic N) is 1. The molecule has 10 heteroatoms. The molecule has 0 aliphatic carbocycles. The Morgan fingerprint density at radius 1 is 0.879 bits per heavy atom. The number of ketones is 1. The molecule has 202 valence electrons. The van der Waals surface area contributed by atoms with Crippen LogP contribution in [0.4, 0.5) is 0 Å². The highest BCUT2D eigenvalue weighted by Crippen LogP contribution is 2.18. The highest BCUT2D eigenvalue weighted by atomic mass is 28.4. The van der Waals surface area contributed by atoms with Gasteiger partial charge in [0.05, 0.1) is 0 Å². The van der Waals surface area contributed by atoms with Gasteiger partial charge in [0, 0.05) is 44.5 Å². The number of aliphatic hydroxyl groups is 3. The number of hydrogen-bond donors (Lipinski definition) is 3. The summed E-state index contributed by atoms with van der Waals surface area (Å²) in [5, 5.41) is 21.5. The second kappa shape index (κ2) is 25.9. The largest absolute Gasteiger partial charge is 0.500 e. The van der Waals surface area contributed by atoms with Crippen molar-refractivity contribution in [3.8, 4) is 0 Å². The van der Waals surface area contributed by atoms with Crippen LogP contribution in [-0.2, 0) is 23.5 Å². The van der Waals surface area contributed by atoms with Crippen LogP contribution < -0.4 is 0 Å². The van der Waals surface area contributed by atoms with E-state index in [0.717, 1.165) is 37.8 Å². The van der Waals surface area contributed by atoms with Gasteiger partial charge in [-0.2, -0.15) is 0 Å². The Kier molecular flexibility index (Phi) is 31.0. The lowest BCUT2D eigenvalue weighted by atomic mass is 10.1. The summed E-state index contributed by atoms with van der Waals surface area (Å²) in [6, 6.07) is 0.851. The van der Waals surface area contributed by atoms with Crippen molar-refractivity contribution in [2.24, 2.45) is 16.8 Å². The van der Waals surface area contributed by atoms with Crippen LogP contribution in [0, 0.1) is 11.8 Å². The summed E-state index contributed by atoms with van der Waals surface area (Å²) in [5.74, 6) is 1.55. The molecule has 0 radical (unpaired) electrons. The Bertz CT molecular complexity index is 440. The lowest BCUT2D eigenvalue weighted by molar-refractivity contribution is -0.198. The van der Waals surface area contributed by atoms with Crippen molar-refractivity contribution in [1.82, 2.24) is 0 Å². The molecule has 0 amide bonds. The average molecular weight is 501 g/mol. The molecule has 0 spiro atoms. The molecule has 0 heterocycles. The van der Waals surface area contributed by atoms with E-state index < -0.39 is 15.3 Å². The van der Waals surface area contributed by atoms with E-state index >= 15 is 0 Å². The normalized spacial score (nSPS) is 11.5. The fraction of sp³-hybridized carbons (Fsp3) is 0.913. The quantitative estimate of drug-likeness (QED) is 0.103. The first kappa shape index (κ1) is 39.5. The first-order valence-corrected chi connectivity index (χ1v) is 13.7.